The molecule has 24 N–H and O–H groups in total. The predicted molar refractivity (Wildman–Crippen MR) is 60.6 cm³/mol. The van der Waals surface area contributed by atoms with Crippen LogP contribution in [0.3, 0.4) is 0 Å². The molecule has 0 atom stereocenters. The van der Waals surface area contributed by atoms with Crippen molar-refractivity contribution in [3.8, 4) is 0 Å². The summed E-state index contributed by atoms with van der Waals surface area (Å²) in [6.07, 6.45) is 0. The Balaban J connectivity index is 0. The van der Waals surface area contributed by atoms with E-state index in [0.29, 0.717) is 0 Å². The third kappa shape index (κ3) is 254. The molecule has 3 radical (unpaired) electrons. The van der Waals surface area contributed by atoms with Gasteiger partial charge in [-0.05, 0) is 0 Å². The van der Waals surface area contributed by atoms with E-state index in [1.54, 1.807) is 0 Å². The molecule has 0 unspecified atom stereocenters. The summed E-state index contributed by atoms with van der Waals surface area (Å²) in [4.78, 5) is 0. The molecule has 0 saturated heterocycles. The first-order valence-corrected chi connectivity index (χ1v) is 0. The molecular formula is H24K3O12. The molecule has 0 amide bonds. The van der Waals surface area contributed by atoms with Crippen molar-refractivity contribution in [1.82, 2.24) is 0 Å². The van der Waals surface area contributed by atoms with Crippen LogP contribution in [0.4, 0.5) is 0 Å². The Morgan fingerprint density at radius 1 is 0.133 bits per heavy atom. The van der Waals surface area contributed by atoms with Gasteiger partial charge in [0.05, 0.1) is 0 Å². The summed E-state index contributed by atoms with van der Waals surface area (Å²) in [5.41, 5.74) is 0. The van der Waals surface area contributed by atoms with Crippen molar-refractivity contribution in [2.45, 2.75) is 0 Å². The van der Waals surface area contributed by atoms with Crippen molar-refractivity contribution >= 4 is 154 Å². The Hall–Kier alpha value is 4.43. The molecule has 15 heavy (non-hydrogen) atoms. The minimum atomic E-state index is 0. The molecule has 0 aromatic rings. The second kappa shape index (κ2) is 285. The fraction of sp³-hybridized carbons (Fsp3) is 0. The van der Waals surface area contributed by atoms with Crippen LogP contribution in [0.2, 0.25) is 0 Å². The maximum Gasteiger partial charge on any atom is 0 e. The fourth-order valence-corrected chi connectivity index (χ4v) is 0. The molecular weight excluding hydrogens is 309 g/mol. The van der Waals surface area contributed by atoms with E-state index in [2.05, 4.69) is 0 Å². The third-order valence-electron chi connectivity index (χ3n) is 0. The van der Waals surface area contributed by atoms with Gasteiger partial charge in [0.15, 0.2) is 0 Å². The Morgan fingerprint density at radius 2 is 0.133 bits per heavy atom. The van der Waals surface area contributed by atoms with Crippen LogP contribution in [-0.2, 0) is 0 Å². The van der Waals surface area contributed by atoms with Gasteiger partial charge in [0, 0.05) is 154 Å². The first-order valence-electron chi connectivity index (χ1n) is 0. The van der Waals surface area contributed by atoms with E-state index in [-0.39, 0.29) is 220 Å². The average molecular weight is 333 g/mol. The van der Waals surface area contributed by atoms with Crippen LogP contribution in [0.1, 0.15) is 0 Å². The van der Waals surface area contributed by atoms with E-state index >= 15 is 0 Å². The van der Waals surface area contributed by atoms with Crippen molar-refractivity contribution in [2.24, 2.45) is 0 Å². The van der Waals surface area contributed by atoms with Gasteiger partial charge in [-0.15, -0.1) is 0 Å². The summed E-state index contributed by atoms with van der Waals surface area (Å²) in [5.74, 6) is 0. The quantitative estimate of drug-likeness (QED) is 0.372. The SMILES string of the molecule is O.O.O.O.O.O.O.O.O.O.O.O.[K].[K].[K]. The minimum absolute atomic E-state index is 0. The van der Waals surface area contributed by atoms with Crippen molar-refractivity contribution in [2.75, 3.05) is 0 Å². The van der Waals surface area contributed by atoms with Gasteiger partial charge in [0.25, 0.3) is 0 Å². The molecule has 0 aromatic carbocycles. The zero-order valence-electron chi connectivity index (χ0n) is 9.00. The Morgan fingerprint density at radius 3 is 0.133 bits per heavy atom. The molecule has 0 fully saturated rings. The van der Waals surface area contributed by atoms with E-state index in [4.69, 9.17) is 0 Å². The van der Waals surface area contributed by atoms with Gasteiger partial charge >= 0.3 is 0 Å². The monoisotopic (exact) mass is 333 g/mol. The molecule has 0 bridgehead atoms. The van der Waals surface area contributed by atoms with Gasteiger partial charge in [-0.2, -0.15) is 0 Å². The fourth-order valence-electron chi connectivity index (χ4n) is 0. The van der Waals surface area contributed by atoms with Gasteiger partial charge in [-0.25, -0.2) is 0 Å². The number of rotatable bonds is 0. The van der Waals surface area contributed by atoms with E-state index in [1.807, 2.05) is 0 Å². The summed E-state index contributed by atoms with van der Waals surface area (Å²) in [7, 11) is 0. The van der Waals surface area contributed by atoms with Gasteiger partial charge < -0.3 is 65.7 Å². The van der Waals surface area contributed by atoms with E-state index in [1.165, 1.54) is 0 Å². The largest absolute Gasteiger partial charge is 0.412 e. The minimum Gasteiger partial charge on any atom is -0.412 e. The molecule has 0 aromatic heterocycles. The molecule has 0 spiro atoms. The molecule has 99 valence electrons. The summed E-state index contributed by atoms with van der Waals surface area (Å²) in [6, 6.07) is 0. The van der Waals surface area contributed by atoms with Crippen LogP contribution < -0.4 is 0 Å². The molecule has 12 nitrogen and oxygen atoms in total. The maximum atomic E-state index is 0. The van der Waals surface area contributed by atoms with E-state index < -0.39 is 0 Å². The second-order valence-corrected chi connectivity index (χ2v) is 0. The standard InChI is InChI=1S/3K.12H2O/h;;;12*1H2. The predicted octanol–water partition coefficient (Wildman–Crippen LogP) is -11.0. The Bertz CT molecular complexity index is 10.8. The van der Waals surface area contributed by atoms with Gasteiger partial charge in [-0.3, -0.25) is 0 Å². The molecule has 0 saturated carbocycles. The smallest absolute Gasteiger partial charge is 0 e. The summed E-state index contributed by atoms with van der Waals surface area (Å²) >= 11 is 0. The summed E-state index contributed by atoms with van der Waals surface area (Å²) < 4.78 is 0. The van der Waals surface area contributed by atoms with Crippen LogP contribution in [0.5, 0.6) is 0 Å². The Kier molecular flexibility index (Phi) is 6400. The summed E-state index contributed by atoms with van der Waals surface area (Å²) in [5, 5.41) is 0. The Labute approximate surface area is 214 Å². The summed E-state index contributed by atoms with van der Waals surface area (Å²) in [6.45, 7) is 0. The van der Waals surface area contributed by atoms with Gasteiger partial charge in [0.1, 0.15) is 0 Å². The molecule has 0 aliphatic carbocycles. The molecule has 0 aliphatic heterocycles. The second-order valence-electron chi connectivity index (χ2n) is 0. The van der Waals surface area contributed by atoms with Crippen LogP contribution in [0.25, 0.3) is 0 Å². The van der Waals surface area contributed by atoms with Gasteiger partial charge in [-0.1, -0.05) is 0 Å². The zero-order chi connectivity index (χ0) is 0. The molecule has 15 heteroatoms. The van der Waals surface area contributed by atoms with Crippen molar-refractivity contribution < 1.29 is 65.7 Å². The normalized spacial score (nSPS) is 0. The first kappa shape index (κ1) is 336. The number of hydrogen-bond acceptors (Lipinski definition) is 0. The first-order chi connectivity index (χ1) is 0. The molecule has 0 heterocycles. The van der Waals surface area contributed by atoms with E-state index in [9.17, 15) is 0 Å². The number of hydrogen-bond donors (Lipinski definition) is 0. The van der Waals surface area contributed by atoms with Crippen molar-refractivity contribution in [3.63, 3.8) is 0 Å². The topological polar surface area (TPSA) is 378 Å². The zero-order valence-corrected chi connectivity index (χ0v) is 18.4. The van der Waals surface area contributed by atoms with Crippen molar-refractivity contribution in [1.29, 1.82) is 0 Å². The third-order valence-corrected chi connectivity index (χ3v) is 0. The van der Waals surface area contributed by atoms with E-state index in [0.717, 1.165) is 0 Å². The van der Waals surface area contributed by atoms with Crippen molar-refractivity contribution in [3.05, 3.63) is 0 Å². The van der Waals surface area contributed by atoms with Crippen LogP contribution in [0, 0.1) is 0 Å². The van der Waals surface area contributed by atoms with Crippen LogP contribution in [0.15, 0.2) is 0 Å². The molecule has 0 rings (SSSR count). The average Bonchev–Trinajstić information content (AvgIpc) is 0. The maximum absolute atomic E-state index is 0. The van der Waals surface area contributed by atoms with Gasteiger partial charge in [0.2, 0.25) is 0 Å². The van der Waals surface area contributed by atoms with Crippen LogP contribution in [-0.4, -0.2) is 220 Å². The molecule has 0 aliphatic rings. The van der Waals surface area contributed by atoms with Crippen LogP contribution >= 0.6 is 0 Å².